The molecule has 0 radical (unpaired) electrons. The number of hydrogen-bond acceptors (Lipinski definition) is 4. The van der Waals surface area contributed by atoms with E-state index in [1.807, 2.05) is 0 Å². The molecule has 3 N–H and O–H groups in total. The number of nitrogens with one attached hydrogen (secondary N) is 2. The van der Waals surface area contributed by atoms with E-state index in [-0.39, 0.29) is 19.0 Å². The van der Waals surface area contributed by atoms with Gasteiger partial charge in [-0.3, -0.25) is 4.79 Å². The Morgan fingerprint density at radius 1 is 1.54 bits per heavy atom. The minimum atomic E-state index is -1.09. The SMILES string of the molecule is CNCC(=O)NCC(OC)C(=O)O. The molecule has 76 valence electrons. The molecule has 0 saturated carbocycles. The van der Waals surface area contributed by atoms with Gasteiger partial charge in [0.1, 0.15) is 0 Å². The third kappa shape index (κ3) is 5.15. The molecule has 1 atom stereocenters. The van der Waals surface area contributed by atoms with Crippen LogP contribution in [0.5, 0.6) is 0 Å². The topological polar surface area (TPSA) is 87.7 Å². The zero-order chi connectivity index (χ0) is 10.3. The largest absolute Gasteiger partial charge is 0.479 e. The molecule has 0 rings (SSSR count). The van der Waals surface area contributed by atoms with Gasteiger partial charge in [-0.25, -0.2) is 4.79 Å². The molecule has 1 unspecified atom stereocenters. The van der Waals surface area contributed by atoms with Crippen molar-refractivity contribution in [2.24, 2.45) is 0 Å². The molecule has 0 heterocycles. The van der Waals surface area contributed by atoms with Gasteiger partial charge in [0.15, 0.2) is 6.10 Å². The predicted molar refractivity (Wildman–Crippen MR) is 45.4 cm³/mol. The molecule has 0 saturated heterocycles. The lowest BCUT2D eigenvalue weighted by Gasteiger charge is -2.10. The number of carboxylic acid groups (broad SMARTS) is 1. The second-order valence-electron chi connectivity index (χ2n) is 2.40. The second kappa shape index (κ2) is 6.38. The average Bonchev–Trinajstić information content (AvgIpc) is 2.05. The molecule has 0 fully saturated rings. The Bertz CT molecular complexity index is 183. The molecule has 0 aromatic carbocycles. The van der Waals surface area contributed by atoms with Crippen molar-refractivity contribution in [2.75, 3.05) is 27.2 Å². The molecule has 0 aliphatic carbocycles. The number of rotatable bonds is 6. The van der Waals surface area contributed by atoms with Gasteiger partial charge in [0, 0.05) is 7.11 Å². The minimum Gasteiger partial charge on any atom is -0.479 e. The fourth-order valence-electron chi connectivity index (χ4n) is 0.701. The van der Waals surface area contributed by atoms with Crippen LogP contribution in [0.15, 0.2) is 0 Å². The number of ether oxygens (including phenoxy) is 1. The number of likely N-dealkylation sites (N-methyl/N-ethyl adjacent to an activating group) is 1. The first-order valence-electron chi connectivity index (χ1n) is 3.78. The monoisotopic (exact) mass is 190 g/mol. The molecular weight excluding hydrogens is 176 g/mol. The molecule has 0 aliphatic rings. The highest BCUT2D eigenvalue weighted by Gasteiger charge is 2.16. The van der Waals surface area contributed by atoms with Crippen molar-refractivity contribution in [3.63, 3.8) is 0 Å². The molecular formula is C7H14N2O4. The Kier molecular flexibility index (Phi) is 5.82. The maximum absolute atomic E-state index is 10.9. The summed E-state index contributed by atoms with van der Waals surface area (Å²) in [5, 5.41) is 13.6. The summed E-state index contributed by atoms with van der Waals surface area (Å²) in [6.07, 6.45) is -0.985. The number of carboxylic acids is 1. The van der Waals surface area contributed by atoms with Gasteiger partial charge >= 0.3 is 5.97 Å². The summed E-state index contributed by atoms with van der Waals surface area (Å²) in [6.45, 7) is 0.141. The Hall–Kier alpha value is -1.14. The van der Waals surface area contributed by atoms with Crippen LogP contribution in [0.1, 0.15) is 0 Å². The van der Waals surface area contributed by atoms with Crippen LogP contribution in [0.4, 0.5) is 0 Å². The van der Waals surface area contributed by atoms with E-state index in [1.165, 1.54) is 7.11 Å². The van der Waals surface area contributed by atoms with E-state index in [9.17, 15) is 9.59 Å². The number of hydrogen-bond donors (Lipinski definition) is 3. The maximum atomic E-state index is 10.9. The van der Waals surface area contributed by atoms with E-state index in [2.05, 4.69) is 15.4 Å². The van der Waals surface area contributed by atoms with Gasteiger partial charge in [-0.1, -0.05) is 0 Å². The Morgan fingerprint density at radius 3 is 2.54 bits per heavy atom. The number of carbonyl (C=O) groups excluding carboxylic acids is 1. The van der Waals surface area contributed by atoms with Gasteiger partial charge in [-0.2, -0.15) is 0 Å². The van der Waals surface area contributed by atoms with Gasteiger partial charge in [-0.15, -0.1) is 0 Å². The van der Waals surface area contributed by atoms with Crippen LogP contribution in [0.25, 0.3) is 0 Å². The van der Waals surface area contributed by atoms with Crippen molar-refractivity contribution < 1.29 is 19.4 Å². The molecule has 0 spiro atoms. The summed E-state index contributed by atoms with van der Waals surface area (Å²) >= 11 is 0. The van der Waals surface area contributed by atoms with Crippen LogP contribution in [0.3, 0.4) is 0 Å². The van der Waals surface area contributed by atoms with Crippen LogP contribution in [0, 0.1) is 0 Å². The van der Waals surface area contributed by atoms with Crippen LogP contribution in [-0.4, -0.2) is 50.3 Å². The number of amides is 1. The minimum absolute atomic E-state index is 0.0215. The van der Waals surface area contributed by atoms with E-state index in [0.29, 0.717) is 0 Å². The fraction of sp³-hybridized carbons (Fsp3) is 0.714. The Morgan fingerprint density at radius 2 is 2.15 bits per heavy atom. The maximum Gasteiger partial charge on any atom is 0.334 e. The lowest BCUT2D eigenvalue weighted by molar-refractivity contribution is -0.148. The zero-order valence-electron chi connectivity index (χ0n) is 7.66. The number of methoxy groups -OCH3 is 1. The first kappa shape index (κ1) is 11.9. The number of carbonyl (C=O) groups is 2. The van der Waals surface area contributed by atoms with Crippen LogP contribution < -0.4 is 10.6 Å². The highest BCUT2D eigenvalue weighted by atomic mass is 16.5. The van der Waals surface area contributed by atoms with Gasteiger partial charge in [0.05, 0.1) is 13.1 Å². The molecule has 13 heavy (non-hydrogen) atoms. The zero-order valence-corrected chi connectivity index (χ0v) is 7.66. The van der Waals surface area contributed by atoms with Crippen LogP contribution >= 0.6 is 0 Å². The lowest BCUT2D eigenvalue weighted by Crippen LogP contribution is -2.40. The smallest absolute Gasteiger partial charge is 0.334 e. The summed E-state index contributed by atoms with van der Waals surface area (Å²) in [5.41, 5.74) is 0. The van der Waals surface area contributed by atoms with E-state index in [4.69, 9.17) is 5.11 Å². The van der Waals surface area contributed by atoms with Crippen molar-refractivity contribution in [3.05, 3.63) is 0 Å². The lowest BCUT2D eigenvalue weighted by atomic mass is 10.3. The van der Waals surface area contributed by atoms with Crippen molar-refractivity contribution in [1.29, 1.82) is 0 Å². The van der Waals surface area contributed by atoms with E-state index in [1.54, 1.807) is 7.05 Å². The Balaban J connectivity index is 3.72. The molecule has 0 aromatic rings. The molecule has 6 nitrogen and oxygen atoms in total. The number of aliphatic carboxylic acids is 1. The predicted octanol–water partition coefficient (Wildman–Crippen LogP) is -1.58. The van der Waals surface area contributed by atoms with Crippen molar-refractivity contribution in [2.45, 2.75) is 6.10 Å². The van der Waals surface area contributed by atoms with Crippen molar-refractivity contribution >= 4 is 11.9 Å². The standard InChI is InChI=1S/C7H14N2O4/c1-8-4-6(10)9-3-5(13-2)7(11)12/h5,8H,3-4H2,1-2H3,(H,9,10)(H,11,12). The fourth-order valence-corrected chi connectivity index (χ4v) is 0.701. The van der Waals surface area contributed by atoms with E-state index >= 15 is 0 Å². The highest BCUT2D eigenvalue weighted by molar-refractivity contribution is 5.79. The van der Waals surface area contributed by atoms with E-state index in [0.717, 1.165) is 0 Å². The summed E-state index contributed by atoms with van der Waals surface area (Å²) in [7, 11) is 2.91. The highest BCUT2D eigenvalue weighted by Crippen LogP contribution is 1.86. The Labute approximate surface area is 76.3 Å². The van der Waals surface area contributed by atoms with E-state index < -0.39 is 12.1 Å². The molecule has 0 aromatic heterocycles. The summed E-state index contributed by atoms with van der Waals surface area (Å²) in [5.74, 6) is -1.35. The van der Waals surface area contributed by atoms with Gasteiger partial charge in [0.2, 0.25) is 5.91 Å². The molecule has 6 heteroatoms. The van der Waals surface area contributed by atoms with Crippen LogP contribution in [0.2, 0.25) is 0 Å². The van der Waals surface area contributed by atoms with Crippen molar-refractivity contribution in [3.8, 4) is 0 Å². The summed E-state index contributed by atoms with van der Waals surface area (Å²) < 4.78 is 4.61. The molecule has 0 bridgehead atoms. The van der Waals surface area contributed by atoms with Gasteiger partial charge in [-0.05, 0) is 7.05 Å². The normalized spacial score (nSPS) is 12.2. The quantitative estimate of drug-likeness (QED) is 0.470. The first-order chi connectivity index (χ1) is 6.11. The van der Waals surface area contributed by atoms with Crippen molar-refractivity contribution in [1.82, 2.24) is 10.6 Å². The summed E-state index contributed by atoms with van der Waals surface area (Å²) in [4.78, 5) is 21.3. The third-order valence-corrected chi connectivity index (χ3v) is 1.38. The third-order valence-electron chi connectivity index (χ3n) is 1.38. The second-order valence-corrected chi connectivity index (χ2v) is 2.40. The molecule has 1 amide bonds. The summed E-state index contributed by atoms with van der Waals surface area (Å²) in [6, 6.07) is 0. The average molecular weight is 190 g/mol. The van der Waals surface area contributed by atoms with Crippen LogP contribution in [-0.2, 0) is 14.3 Å². The first-order valence-corrected chi connectivity index (χ1v) is 3.78. The van der Waals surface area contributed by atoms with Gasteiger partial charge in [0.25, 0.3) is 0 Å². The van der Waals surface area contributed by atoms with Gasteiger partial charge < -0.3 is 20.5 Å². The molecule has 0 aliphatic heterocycles.